The van der Waals surface area contributed by atoms with Gasteiger partial charge < -0.3 is 14.8 Å². The lowest BCUT2D eigenvalue weighted by Gasteiger charge is -2.09. The normalized spacial score (nSPS) is 11.2. The maximum absolute atomic E-state index is 12.1. The number of methoxy groups -OCH3 is 2. The largest absolute Gasteiger partial charge is 0.493 e. The number of benzene rings is 1. The van der Waals surface area contributed by atoms with Crippen LogP contribution in [-0.4, -0.2) is 38.3 Å². The van der Waals surface area contributed by atoms with E-state index in [1.54, 1.807) is 25.1 Å². The van der Waals surface area contributed by atoms with Gasteiger partial charge in [-0.3, -0.25) is 9.59 Å². The number of ether oxygens (including phenoxy) is 2. The third kappa shape index (κ3) is 6.28. The van der Waals surface area contributed by atoms with Crippen LogP contribution in [0.15, 0.2) is 23.3 Å². The van der Waals surface area contributed by atoms with Gasteiger partial charge >= 0.3 is 0 Å². The highest BCUT2D eigenvalue weighted by atomic mass is 16.5. The summed E-state index contributed by atoms with van der Waals surface area (Å²) in [5.74, 6) is 0.869. The lowest BCUT2D eigenvalue weighted by atomic mass is 10.2. The fourth-order valence-corrected chi connectivity index (χ4v) is 1.84. The average molecular weight is 335 g/mol. The predicted molar refractivity (Wildman–Crippen MR) is 92.6 cm³/mol. The number of hydrazone groups is 1. The molecule has 0 aliphatic carbocycles. The van der Waals surface area contributed by atoms with Gasteiger partial charge in [-0.15, -0.1) is 0 Å². The molecule has 7 heteroatoms. The van der Waals surface area contributed by atoms with Crippen molar-refractivity contribution in [2.45, 2.75) is 27.2 Å². The molecule has 132 valence electrons. The molecule has 2 amide bonds. The quantitative estimate of drug-likeness (QED) is 0.561. The summed E-state index contributed by atoms with van der Waals surface area (Å²) < 4.78 is 10.3. The highest BCUT2D eigenvalue weighted by molar-refractivity contribution is 6.01. The number of amides is 2. The molecule has 7 nitrogen and oxygen atoms in total. The molecule has 0 unspecified atom stereocenters. The van der Waals surface area contributed by atoms with E-state index in [2.05, 4.69) is 15.8 Å². The molecule has 0 spiro atoms. The summed E-state index contributed by atoms with van der Waals surface area (Å²) in [4.78, 5) is 23.8. The van der Waals surface area contributed by atoms with Crippen molar-refractivity contribution >= 4 is 17.5 Å². The number of hydrogen-bond donors (Lipinski definition) is 2. The van der Waals surface area contributed by atoms with Crippen molar-refractivity contribution in [3.63, 3.8) is 0 Å². The van der Waals surface area contributed by atoms with Crippen LogP contribution < -0.4 is 20.2 Å². The Kier molecular flexibility index (Phi) is 7.74. The Balaban J connectivity index is 2.62. The van der Waals surface area contributed by atoms with Crippen molar-refractivity contribution < 1.29 is 19.1 Å². The molecular weight excluding hydrogens is 310 g/mol. The van der Waals surface area contributed by atoms with E-state index in [0.717, 1.165) is 0 Å². The lowest BCUT2D eigenvalue weighted by Crippen LogP contribution is -2.29. The third-order valence-corrected chi connectivity index (χ3v) is 3.12. The molecule has 24 heavy (non-hydrogen) atoms. The first-order valence-corrected chi connectivity index (χ1v) is 7.69. The maximum atomic E-state index is 12.1. The van der Waals surface area contributed by atoms with Gasteiger partial charge in [0, 0.05) is 17.8 Å². The van der Waals surface area contributed by atoms with Gasteiger partial charge in [0.05, 0.1) is 20.6 Å². The monoisotopic (exact) mass is 335 g/mol. The molecule has 0 heterocycles. The Morgan fingerprint density at radius 1 is 1.17 bits per heavy atom. The molecule has 0 fully saturated rings. The minimum absolute atomic E-state index is 0.120. The Labute approximate surface area is 142 Å². The number of nitrogens with one attached hydrogen (secondary N) is 2. The summed E-state index contributed by atoms with van der Waals surface area (Å²) >= 11 is 0. The van der Waals surface area contributed by atoms with Crippen LogP contribution >= 0.6 is 0 Å². The van der Waals surface area contributed by atoms with Crippen molar-refractivity contribution in [2.24, 2.45) is 11.0 Å². The molecule has 0 saturated carbocycles. The van der Waals surface area contributed by atoms with Crippen LogP contribution in [0.5, 0.6) is 11.5 Å². The minimum Gasteiger partial charge on any atom is -0.493 e. The van der Waals surface area contributed by atoms with Gasteiger partial charge in [-0.1, -0.05) is 13.8 Å². The molecule has 0 aliphatic heterocycles. The number of carbonyl (C=O) groups excluding carboxylic acids is 2. The van der Waals surface area contributed by atoms with Crippen LogP contribution in [0.3, 0.4) is 0 Å². The van der Waals surface area contributed by atoms with Crippen LogP contribution in [0.25, 0.3) is 0 Å². The Hall–Kier alpha value is -2.57. The van der Waals surface area contributed by atoms with E-state index in [0.29, 0.717) is 35.2 Å². The van der Waals surface area contributed by atoms with Gasteiger partial charge in [-0.2, -0.15) is 5.10 Å². The molecule has 1 aromatic rings. The zero-order valence-electron chi connectivity index (χ0n) is 14.8. The van der Waals surface area contributed by atoms with E-state index in [1.165, 1.54) is 14.2 Å². The molecule has 0 aliphatic rings. The van der Waals surface area contributed by atoms with Gasteiger partial charge in [0.1, 0.15) is 0 Å². The summed E-state index contributed by atoms with van der Waals surface area (Å²) in [6.45, 7) is 6.34. The van der Waals surface area contributed by atoms with Crippen LogP contribution in [0, 0.1) is 5.92 Å². The first-order valence-electron chi connectivity index (χ1n) is 7.69. The molecule has 0 aromatic heterocycles. The van der Waals surface area contributed by atoms with Gasteiger partial charge in [0.2, 0.25) is 5.91 Å². The van der Waals surface area contributed by atoms with Crippen molar-refractivity contribution in [1.29, 1.82) is 0 Å². The fourth-order valence-electron chi connectivity index (χ4n) is 1.84. The van der Waals surface area contributed by atoms with Crippen molar-refractivity contribution in [3.8, 4) is 11.5 Å². The fraction of sp³-hybridized carbons (Fsp3) is 0.471. The summed E-state index contributed by atoms with van der Waals surface area (Å²) in [7, 11) is 3.02. The van der Waals surface area contributed by atoms with Gasteiger partial charge in [-0.05, 0) is 31.0 Å². The second kappa shape index (κ2) is 9.54. The SMILES string of the molecule is COc1ccc(C(=O)N/N=C(\C)CC(=O)NCC(C)C)cc1OC. The predicted octanol–water partition coefficient (Wildman–Crippen LogP) is 1.97. The summed E-state index contributed by atoms with van der Waals surface area (Å²) in [6, 6.07) is 4.81. The standard InChI is InChI=1S/C17H25N3O4/c1-11(2)10-18-16(21)8-12(3)19-20-17(22)13-6-7-14(23-4)15(9-13)24-5/h6-7,9,11H,8,10H2,1-5H3,(H,18,21)(H,20,22)/b19-12+. The molecule has 2 N–H and O–H groups in total. The van der Waals surface area contributed by atoms with E-state index in [4.69, 9.17) is 9.47 Å². The molecule has 0 bridgehead atoms. The molecule has 0 atom stereocenters. The lowest BCUT2D eigenvalue weighted by molar-refractivity contribution is -0.120. The van der Waals surface area contributed by atoms with E-state index < -0.39 is 5.91 Å². The number of carbonyl (C=O) groups is 2. The topological polar surface area (TPSA) is 89.0 Å². The number of nitrogens with zero attached hydrogens (tertiary/aromatic N) is 1. The Morgan fingerprint density at radius 3 is 2.42 bits per heavy atom. The number of rotatable bonds is 8. The molecule has 1 rings (SSSR count). The zero-order valence-corrected chi connectivity index (χ0v) is 14.8. The highest BCUT2D eigenvalue weighted by Gasteiger charge is 2.11. The summed E-state index contributed by atoms with van der Waals surface area (Å²) in [5.41, 5.74) is 3.33. The van der Waals surface area contributed by atoms with Gasteiger partial charge in [0.15, 0.2) is 11.5 Å². The van der Waals surface area contributed by atoms with Crippen LogP contribution in [-0.2, 0) is 4.79 Å². The van der Waals surface area contributed by atoms with Crippen molar-refractivity contribution in [2.75, 3.05) is 20.8 Å². The molecule has 0 radical (unpaired) electrons. The second-order valence-electron chi connectivity index (χ2n) is 5.73. The maximum Gasteiger partial charge on any atom is 0.271 e. The third-order valence-electron chi connectivity index (χ3n) is 3.12. The van der Waals surface area contributed by atoms with E-state index in [1.807, 2.05) is 13.8 Å². The van der Waals surface area contributed by atoms with Crippen LogP contribution in [0.1, 0.15) is 37.6 Å². The highest BCUT2D eigenvalue weighted by Crippen LogP contribution is 2.27. The average Bonchev–Trinajstić information content (AvgIpc) is 2.57. The van der Waals surface area contributed by atoms with E-state index >= 15 is 0 Å². The van der Waals surface area contributed by atoms with Gasteiger partial charge in [0.25, 0.3) is 5.91 Å². The minimum atomic E-state index is -0.391. The first-order chi connectivity index (χ1) is 11.4. The van der Waals surface area contributed by atoms with Crippen molar-refractivity contribution in [1.82, 2.24) is 10.7 Å². The van der Waals surface area contributed by atoms with Crippen molar-refractivity contribution in [3.05, 3.63) is 23.8 Å². The zero-order chi connectivity index (χ0) is 18.1. The smallest absolute Gasteiger partial charge is 0.271 e. The second-order valence-corrected chi connectivity index (χ2v) is 5.73. The van der Waals surface area contributed by atoms with Crippen LogP contribution in [0.4, 0.5) is 0 Å². The van der Waals surface area contributed by atoms with E-state index in [-0.39, 0.29) is 12.3 Å². The van der Waals surface area contributed by atoms with Crippen LogP contribution in [0.2, 0.25) is 0 Å². The molecular formula is C17H25N3O4. The van der Waals surface area contributed by atoms with Gasteiger partial charge in [-0.25, -0.2) is 5.43 Å². The first kappa shape index (κ1) is 19.5. The number of hydrogen-bond acceptors (Lipinski definition) is 5. The Morgan fingerprint density at radius 2 is 1.83 bits per heavy atom. The Bertz CT molecular complexity index is 612. The summed E-state index contributed by atoms with van der Waals surface area (Å²) in [6.07, 6.45) is 0.138. The molecule has 1 aromatic carbocycles. The molecule has 0 saturated heterocycles. The summed E-state index contributed by atoms with van der Waals surface area (Å²) in [5, 5.41) is 6.75. The van der Waals surface area contributed by atoms with E-state index in [9.17, 15) is 9.59 Å².